The van der Waals surface area contributed by atoms with Crippen LogP contribution < -0.4 is 10.7 Å². The normalized spacial score (nSPS) is 17.0. The van der Waals surface area contributed by atoms with E-state index in [1.165, 1.54) is 24.5 Å². The van der Waals surface area contributed by atoms with Crippen LogP contribution in [0.4, 0.5) is 0 Å². The molecule has 8 nitrogen and oxygen atoms in total. The molecule has 0 bridgehead atoms. The number of hydrazine groups is 1. The van der Waals surface area contributed by atoms with Gasteiger partial charge in [0.2, 0.25) is 0 Å². The lowest BCUT2D eigenvalue weighted by Crippen LogP contribution is -2.56. The molecule has 1 aliphatic rings. The molecule has 8 heteroatoms. The van der Waals surface area contributed by atoms with Crippen LogP contribution in [0, 0.1) is 0 Å². The van der Waals surface area contributed by atoms with Gasteiger partial charge in [0.25, 0.3) is 11.8 Å². The maximum Gasteiger partial charge on any atom is 0.259 e. The van der Waals surface area contributed by atoms with Gasteiger partial charge in [-0.05, 0) is 12.1 Å². The molecule has 1 aromatic rings. The number of nitrogens with one attached hydrogen (secondary N) is 2. The Hall–Kier alpha value is -2.03. The van der Waals surface area contributed by atoms with E-state index in [1.54, 1.807) is 5.01 Å². The summed E-state index contributed by atoms with van der Waals surface area (Å²) in [4.78, 5) is 27.8. The zero-order chi connectivity index (χ0) is 15.1. The Kier molecular flexibility index (Phi) is 5.61. The minimum Gasteiger partial charge on any atom is -0.394 e. The fraction of sp³-hybridized carbons (Fsp3) is 0.462. The van der Waals surface area contributed by atoms with E-state index >= 15 is 0 Å². The summed E-state index contributed by atoms with van der Waals surface area (Å²) in [6.45, 7) is 1.73. The standard InChI is InChI=1S/C13H18N4O4/c18-9-11(13(20)16-17-5-7-21-8-6-17)15-12(19)10-1-3-14-4-2-10/h1-4,11,18H,5-9H2,(H,15,19)(H,16,20). The zero-order valence-corrected chi connectivity index (χ0v) is 11.5. The first-order valence-electron chi connectivity index (χ1n) is 6.65. The van der Waals surface area contributed by atoms with Crippen LogP contribution in [0.1, 0.15) is 10.4 Å². The van der Waals surface area contributed by atoms with Crippen molar-refractivity contribution >= 4 is 11.8 Å². The molecule has 2 heterocycles. The average Bonchev–Trinajstić information content (AvgIpc) is 2.54. The summed E-state index contributed by atoms with van der Waals surface area (Å²) in [5, 5.41) is 13.5. The molecular formula is C13H18N4O4. The molecule has 1 fully saturated rings. The number of ether oxygens (including phenoxy) is 1. The summed E-state index contributed by atoms with van der Waals surface area (Å²) < 4.78 is 5.17. The molecule has 1 aliphatic heterocycles. The Labute approximate surface area is 122 Å². The van der Waals surface area contributed by atoms with Crippen molar-refractivity contribution in [1.29, 1.82) is 0 Å². The van der Waals surface area contributed by atoms with Gasteiger partial charge < -0.3 is 15.2 Å². The molecule has 0 radical (unpaired) electrons. The third-order valence-electron chi connectivity index (χ3n) is 3.03. The number of aromatic nitrogens is 1. The molecule has 0 saturated carbocycles. The summed E-state index contributed by atoms with van der Waals surface area (Å²) in [7, 11) is 0. The van der Waals surface area contributed by atoms with E-state index in [9.17, 15) is 14.7 Å². The highest BCUT2D eigenvalue weighted by Crippen LogP contribution is 1.98. The molecule has 114 valence electrons. The summed E-state index contributed by atoms with van der Waals surface area (Å²) in [5.41, 5.74) is 3.03. The largest absolute Gasteiger partial charge is 0.394 e. The lowest BCUT2D eigenvalue weighted by atomic mass is 10.2. The molecular weight excluding hydrogens is 276 g/mol. The van der Waals surface area contributed by atoms with Crippen LogP contribution >= 0.6 is 0 Å². The fourth-order valence-corrected chi connectivity index (χ4v) is 1.85. The highest BCUT2D eigenvalue weighted by atomic mass is 16.5. The molecule has 1 aromatic heterocycles. The van der Waals surface area contributed by atoms with Crippen molar-refractivity contribution < 1.29 is 19.4 Å². The Morgan fingerprint density at radius 1 is 1.33 bits per heavy atom. The van der Waals surface area contributed by atoms with Crippen molar-refractivity contribution in [2.45, 2.75) is 6.04 Å². The molecule has 0 aromatic carbocycles. The highest BCUT2D eigenvalue weighted by Gasteiger charge is 2.23. The van der Waals surface area contributed by atoms with Gasteiger partial charge in [0.05, 0.1) is 19.8 Å². The Balaban J connectivity index is 1.89. The van der Waals surface area contributed by atoms with Crippen LogP contribution in [0.15, 0.2) is 24.5 Å². The van der Waals surface area contributed by atoms with Crippen LogP contribution in [-0.2, 0) is 9.53 Å². The van der Waals surface area contributed by atoms with Gasteiger partial charge in [0.1, 0.15) is 6.04 Å². The van der Waals surface area contributed by atoms with Crippen LogP contribution in [0.3, 0.4) is 0 Å². The number of morpholine rings is 1. The molecule has 2 amide bonds. The smallest absolute Gasteiger partial charge is 0.259 e. The van der Waals surface area contributed by atoms with Gasteiger partial charge in [0, 0.05) is 31.0 Å². The molecule has 3 N–H and O–H groups in total. The van der Waals surface area contributed by atoms with Crippen molar-refractivity contribution in [3.05, 3.63) is 30.1 Å². The number of aliphatic hydroxyl groups is 1. The summed E-state index contributed by atoms with van der Waals surface area (Å²) in [6.07, 6.45) is 2.97. The van der Waals surface area contributed by atoms with Crippen LogP contribution in [0.25, 0.3) is 0 Å². The number of carbonyl (C=O) groups is 2. The maximum absolute atomic E-state index is 12.0. The van der Waals surface area contributed by atoms with E-state index in [1.807, 2.05) is 0 Å². The van der Waals surface area contributed by atoms with Crippen molar-refractivity contribution in [3.63, 3.8) is 0 Å². The number of amides is 2. The van der Waals surface area contributed by atoms with Gasteiger partial charge in [0.15, 0.2) is 0 Å². The quantitative estimate of drug-likeness (QED) is 0.613. The second-order valence-corrected chi connectivity index (χ2v) is 4.52. The lowest BCUT2D eigenvalue weighted by Gasteiger charge is -2.28. The Morgan fingerprint density at radius 3 is 2.62 bits per heavy atom. The number of carbonyl (C=O) groups excluding carboxylic acids is 2. The molecule has 2 rings (SSSR count). The van der Waals surface area contributed by atoms with E-state index < -0.39 is 24.5 Å². The maximum atomic E-state index is 12.0. The van der Waals surface area contributed by atoms with Gasteiger partial charge in [-0.15, -0.1) is 0 Å². The third-order valence-corrected chi connectivity index (χ3v) is 3.03. The first-order valence-corrected chi connectivity index (χ1v) is 6.65. The number of aliphatic hydroxyl groups excluding tert-OH is 1. The number of rotatable bonds is 5. The first kappa shape index (κ1) is 15.4. The van der Waals surface area contributed by atoms with Crippen molar-refractivity contribution in [2.75, 3.05) is 32.9 Å². The molecule has 0 aliphatic carbocycles. The summed E-state index contributed by atoms with van der Waals surface area (Å²) in [5.74, 6) is -0.893. The average molecular weight is 294 g/mol. The van der Waals surface area contributed by atoms with Gasteiger partial charge in [-0.25, -0.2) is 5.01 Å². The van der Waals surface area contributed by atoms with Gasteiger partial charge >= 0.3 is 0 Å². The van der Waals surface area contributed by atoms with Gasteiger partial charge in [-0.1, -0.05) is 0 Å². The second kappa shape index (κ2) is 7.67. The first-order chi connectivity index (χ1) is 10.2. The van der Waals surface area contributed by atoms with E-state index in [-0.39, 0.29) is 0 Å². The number of pyridine rings is 1. The van der Waals surface area contributed by atoms with Crippen molar-refractivity contribution in [1.82, 2.24) is 20.7 Å². The number of hydrogen-bond donors (Lipinski definition) is 3. The monoisotopic (exact) mass is 294 g/mol. The van der Waals surface area contributed by atoms with E-state index in [0.717, 1.165) is 0 Å². The third kappa shape index (κ3) is 4.48. The highest BCUT2D eigenvalue weighted by molar-refractivity contribution is 5.97. The predicted octanol–water partition coefficient (Wildman–Crippen LogP) is -1.46. The van der Waals surface area contributed by atoms with Crippen molar-refractivity contribution in [2.24, 2.45) is 0 Å². The predicted molar refractivity (Wildman–Crippen MR) is 73.1 cm³/mol. The minimum atomic E-state index is -1.01. The number of hydrogen-bond acceptors (Lipinski definition) is 6. The summed E-state index contributed by atoms with van der Waals surface area (Å²) in [6, 6.07) is 2.06. The molecule has 0 spiro atoms. The Morgan fingerprint density at radius 2 is 2.00 bits per heavy atom. The second-order valence-electron chi connectivity index (χ2n) is 4.52. The Bertz CT molecular complexity index is 476. The van der Waals surface area contributed by atoms with E-state index in [0.29, 0.717) is 31.9 Å². The minimum absolute atomic E-state index is 0.377. The number of nitrogens with zero attached hydrogens (tertiary/aromatic N) is 2. The fourth-order valence-electron chi connectivity index (χ4n) is 1.85. The lowest BCUT2D eigenvalue weighted by molar-refractivity contribution is -0.130. The topological polar surface area (TPSA) is 104 Å². The molecule has 1 saturated heterocycles. The molecule has 21 heavy (non-hydrogen) atoms. The molecule has 1 atom stereocenters. The van der Waals surface area contributed by atoms with Crippen molar-refractivity contribution in [3.8, 4) is 0 Å². The van der Waals surface area contributed by atoms with E-state index in [2.05, 4.69) is 15.7 Å². The van der Waals surface area contributed by atoms with Gasteiger partial charge in [-0.2, -0.15) is 0 Å². The van der Waals surface area contributed by atoms with Crippen LogP contribution in [0.5, 0.6) is 0 Å². The van der Waals surface area contributed by atoms with Gasteiger partial charge in [-0.3, -0.25) is 20.0 Å². The SMILES string of the molecule is O=C(NC(CO)C(=O)NN1CCOCC1)c1ccncc1. The molecule has 1 unspecified atom stereocenters. The van der Waals surface area contributed by atoms with E-state index in [4.69, 9.17) is 4.74 Å². The summed E-state index contributed by atoms with van der Waals surface area (Å²) >= 11 is 0. The zero-order valence-electron chi connectivity index (χ0n) is 11.5. The van der Waals surface area contributed by atoms with Crippen LogP contribution in [-0.4, -0.2) is 65.9 Å². The van der Waals surface area contributed by atoms with Crippen LogP contribution in [0.2, 0.25) is 0 Å².